The Balaban J connectivity index is 1.78. The zero-order chi connectivity index (χ0) is 15.5. The van der Waals surface area contributed by atoms with Crippen molar-refractivity contribution in [1.82, 2.24) is 9.97 Å². The maximum absolute atomic E-state index is 12.3. The molecule has 0 spiro atoms. The van der Waals surface area contributed by atoms with E-state index in [1.807, 2.05) is 0 Å². The molecule has 22 heavy (non-hydrogen) atoms. The summed E-state index contributed by atoms with van der Waals surface area (Å²) in [5, 5.41) is 2.82. The molecule has 1 N–H and O–H groups in total. The Bertz CT molecular complexity index is 726. The fourth-order valence-electron chi connectivity index (χ4n) is 2.52. The standard InChI is InChI=1S/C16H15N3O3/c1-22-16(21)11-7-5-10(6-8-11)15(20)19-14-12-3-2-4-13(12)17-9-18-14/h5-9H,2-4H2,1H3,(H,17,18,19,20). The summed E-state index contributed by atoms with van der Waals surface area (Å²) >= 11 is 0. The van der Waals surface area contributed by atoms with E-state index in [0.717, 1.165) is 30.5 Å². The van der Waals surface area contributed by atoms with Crippen molar-refractivity contribution in [3.8, 4) is 0 Å². The van der Waals surface area contributed by atoms with Crippen LogP contribution >= 0.6 is 0 Å². The van der Waals surface area contributed by atoms with Crippen molar-refractivity contribution in [2.45, 2.75) is 19.3 Å². The Kier molecular flexibility index (Phi) is 3.82. The van der Waals surface area contributed by atoms with E-state index in [4.69, 9.17) is 0 Å². The second kappa shape index (κ2) is 5.93. The highest BCUT2D eigenvalue weighted by Crippen LogP contribution is 2.25. The summed E-state index contributed by atoms with van der Waals surface area (Å²) in [7, 11) is 1.32. The summed E-state index contributed by atoms with van der Waals surface area (Å²) in [5.74, 6) is -0.116. The third-order valence-electron chi connectivity index (χ3n) is 3.68. The average Bonchev–Trinajstić information content (AvgIpc) is 3.04. The van der Waals surface area contributed by atoms with Crippen LogP contribution in [-0.2, 0) is 17.6 Å². The largest absolute Gasteiger partial charge is 0.465 e. The fraction of sp³-hybridized carbons (Fsp3) is 0.250. The lowest BCUT2D eigenvalue weighted by molar-refractivity contribution is 0.0600. The van der Waals surface area contributed by atoms with E-state index in [0.29, 0.717) is 16.9 Å². The molecule has 6 nitrogen and oxygen atoms in total. The van der Waals surface area contributed by atoms with E-state index in [2.05, 4.69) is 20.0 Å². The molecule has 2 aromatic rings. The Hall–Kier alpha value is -2.76. The van der Waals surface area contributed by atoms with Gasteiger partial charge in [-0.2, -0.15) is 0 Å². The minimum atomic E-state index is -0.430. The second-order valence-corrected chi connectivity index (χ2v) is 5.02. The van der Waals surface area contributed by atoms with Crippen molar-refractivity contribution in [2.24, 2.45) is 0 Å². The van der Waals surface area contributed by atoms with Crippen molar-refractivity contribution in [1.29, 1.82) is 0 Å². The highest BCUT2D eigenvalue weighted by atomic mass is 16.5. The molecule has 1 aromatic carbocycles. The van der Waals surface area contributed by atoms with Crippen molar-refractivity contribution < 1.29 is 14.3 Å². The van der Waals surface area contributed by atoms with Gasteiger partial charge in [-0.05, 0) is 43.5 Å². The molecule has 1 heterocycles. The summed E-state index contributed by atoms with van der Waals surface area (Å²) in [6.45, 7) is 0. The third-order valence-corrected chi connectivity index (χ3v) is 3.68. The molecule has 0 atom stereocenters. The Morgan fingerprint density at radius 1 is 1.09 bits per heavy atom. The highest BCUT2D eigenvalue weighted by molar-refractivity contribution is 6.04. The molecule has 6 heteroatoms. The SMILES string of the molecule is COC(=O)c1ccc(C(=O)Nc2ncnc3c2CCC3)cc1. The summed E-state index contributed by atoms with van der Waals surface area (Å²) in [5.41, 5.74) is 2.88. The van der Waals surface area contributed by atoms with Gasteiger partial charge in [0.2, 0.25) is 0 Å². The van der Waals surface area contributed by atoms with Gasteiger partial charge in [-0.25, -0.2) is 14.8 Å². The minimum absolute atomic E-state index is 0.260. The van der Waals surface area contributed by atoms with Crippen molar-refractivity contribution >= 4 is 17.7 Å². The van der Waals surface area contributed by atoms with Gasteiger partial charge in [0.05, 0.1) is 12.7 Å². The number of hydrogen-bond donors (Lipinski definition) is 1. The van der Waals surface area contributed by atoms with Crippen LogP contribution in [0.5, 0.6) is 0 Å². The zero-order valence-electron chi connectivity index (χ0n) is 12.1. The van der Waals surface area contributed by atoms with E-state index in [9.17, 15) is 9.59 Å². The van der Waals surface area contributed by atoms with Crippen molar-refractivity contribution in [3.05, 3.63) is 53.0 Å². The number of nitrogens with zero attached hydrogens (tertiary/aromatic N) is 2. The number of aryl methyl sites for hydroxylation is 1. The van der Waals surface area contributed by atoms with Crippen LogP contribution in [0.3, 0.4) is 0 Å². The first-order valence-corrected chi connectivity index (χ1v) is 7.01. The second-order valence-electron chi connectivity index (χ2n) is 5.02. The normalized spacial score (nSPS) is 12.6. The monoisotopic (exact) mass is 297 g/mol. The Morgan fingerprint density at radius 2 is 1.82 bits per heavy atom. The molecule has 0 fully saturated rings. The van der Waals surface area contributed by atoms with E-state index in [-0.39, 0.29) is 5.91 Å². The molecule has 0 aliphatic heterocycles. The lowest BCUT2D eigenvalue weighted by atomic mass is 10.1. The van der Waals surface area contributed by atoms with Gasteiger partial charge in [-0.1, -0.05) is 0 Å². The first kappa shape index (κ1) is 14.2. The smallest absolute Gasteiger partial charge is 0.337 e. The third kappa shape index (κ3) is 2.67. The van der Waals surface area contributed by atoms with Crippen LogP contribution in [-0.4, -0.2) is 29.0 Å². The van der Waals surface area contributed by atoms with Crippen LogP contribution in [0.4, 0.5) is 5.82 Å². The van der Waals surface area contributed by atoms with Crippen LogP contribution < -0.4 is 5.32 Å². The minimum Gasteiger partial charge on any atom is -0.465 e. The van der Waals surface area contributed by atoms with Gasteiger partial charge in [0.25, 0.3) is 5.91 Å². The number of nitrogens with one attached hydrogen (secondary N) is 1. The maximum atomic E-state index is 12.3. The van der Waals surface area contributed by atoms with Gasteiger partial charge in [0.1, 0.15) is 12.1 Å². The van der Waals surface area contributed by atoms with Gasteiger partial charge < -0.3 is 10.1 Å². The number of fused-ring (bicyclic) bond motifs is 1. The molecule has 0 bridgehead atoms. The number of benzene rings is 1. The number of esters is 1. The van der Waals surface area contributed by atoms with E-state index < -0.39 is 5.97 Å². The lowest BCUT2D eigenvalue weighted by Crippen LogP contribution is -2.15. The predicted octanol–water partition coefficient (Wildman–Crippen LogP) is 2.00. The molecule has 3 rings (SSSR count). The molecule has 1 amide bonds. The first-order chi connectivity index (χ1) is 10.7. The number of aromatic nitrogens is 2. The van der Waals surface area contributed by atoms with Crippen molar-refractivity contribution in [3.63, 3.8) is 0 Å². The first-order valence-electron chi connectivity index (χ1n) is 7.01. The van der Waals surface area contributed by atoms with Gasteiger partial charge in [0, 0.05) is 16.8 Å². The lowest BCUT2D eigenvalue weighted by Gasteiger charge is -2.08. The number of hydrogen-bond acceptors (Lipinski definition) is 5. The number of methoxy groups -OCH3 is 1. The molecule has 0 unspecified atom stereocenters. The molecule has 1 aliphatic rings. The van der Waals surface area contributed by atoms with Crippen LogP contribution in [0.25, 0.3) is 0 Å². The van der Waals surface area contributed by atoms with Gasteiger partial charge >= 0.3 is 5.97 Å². The molecule has 112 valence electrons. The Morgan fingerprint density at radius 3 is 2.55 bits per heavy atom. The number of carbonyl (C=O) groups is 2. The van der Waals surface area contributed by atoms with E-state index in [1.165, 1.54) is 13.4 Å². The number of amides is 1. The fourth-order valence-corrected chi connectivity index (χ4v) is 2.52. The molecule has 0 saturated heterocycles. The quantitative estimate of drug-likeness (QED) is 0.876. The van der Waals surface area contributed by atoms with Gasteiger partial charge in [-0.15, -0.1) is 0 Å². The van der Waals surface area contributed by atoms with Crippen LogP contribution in [0.2, 0.25) is 0 Å². The number of rotatable bonds is 3. The number of carbonyl (C=O) groups excluding carboxylic acids is 2. The zero-order valence-corrected chi connectivity index (χ0v) is 12.1. The van der Waals surface area contributed by atoms with Crippen LogP contribution in [0.1, 0.15) is 38.4 Å². The molecule has 1 aliphatic carbocycles. The van der Waals surface area contributed by atoms with E-state index >= 15 is 0 Å². The molecule has 1 aromatic heterocycles. The average molecular weight is 297 g/mol. The van der Waals surface area contributed by atoms with Crippen LogP contribution in [0.15, 0.2) is 30.6 Å². The van der Waals surface area contributed by atoms with Gasteiger partial charge in [0.15, 0.2) is 0 Å². The Labute approximate surface area is 127 Å². The van der Waals surface area contributed by atoms with Gasteiger partial charge in [-0.3, -0.25) is 4.79 Å². The summed E-state index contributed by atoms with van der Waals surface area (Å²) < 4.78 is 4.63. The number of anilines is 1. The maximum Gasteiger partial charge on any atom is 0.337 e. The molecular formula is C16H15N3O3. The van der Waals surface area contributed by atoms with Crippen molar-refractivity contribution in [2.75, 3.05) is 12.4 Å². The predicted molar refractivity (Wildman–Crippen MR) is 79.8 cm³/mol. The molecule has 0 radical (unpaired) electrons. The molecular weight excluding hydrogens is 282 g/mol. The summed E-state index contributed by atoms with van der Waals surface area (Å²) in [6, 6.07) is 6.29. The summed E-state index contributed by atoms with van der Waals surface area (Å²) in [4.78, 5) is 32.0. The molecule has 0 saturated carbocycles. The van der Waals surface area contributed by atoms with Crippen LogP contribution in [0, 0.1) is 0 Å². The van der Waals surface area contributed by atoms with E-state index in [1.54, 1.807) is 24.3 Å². The highest BCUT2D eigenvalue weighted by Gasteiger charge is 2.19. The summed E-state index contributed by atoms with van der Waals surface area (Å²) in [6.07, 6.45) is 4.31. The number of ether oxygens (including phenoxy) is 1. The topological polar surface area (TPSA) is 81.2 Å².